The molecule has 4 heteroatoms. The molecule has 0 saturated carbocycles. The minimum atomic E-state index is 0.436. The van der Waals surface area contributed by atoms with Crippen LogP contribution >= 0.6 is 15.9 Å². The minimum Gasteiger partial charge on any atom is -0.381 e. The van der Waals surface area contributed by atoms with Crippen molar-refractivity contribution in [2.75, 3.05) is 13.2 Å². The van der Waals surface area contributed by atoms with Gasteiger partial charge in [0.2, 0.25) is 0 Å². The summed E-state index contributed by atoms with van der Waals surface area (Å²) in [5.41, 5.74) is 1.12. The molecule has 0 radical (unpaired) electrons. The Morgan fingerprint density at radius 1 is 1.47 bits per heavy atom. The molecule has 78 valence electrons. The molecule has 1 fully saturated rings. The van der Waals surface area contributed by atoms with Crippen LogP contribution < -0.4 is 0 Å². The van der Waals surface area contributed by atoms with Gasteiger partial charge in [0.05, 0.1) is 12.1 Å². The number of pyridine rings is 1. The van der Waals surface area contributed by atoms with Gasteiger partial charge in [0.15, 0.2) is 0 Å². The van der Waals surface area contributed by atoms with Crippen molar-refractivity contribution in [3.8, 4) is 0 Å². The summed E-state index contributed by atoms with van der Waals surface area (Å²) in [4.78, 5) is 4.57. The van der Waals surface area contributed by atoms with E-state index in [4.69, 9.17) is 4.74 Å². The maximum atomic E-state index is 5.40. The first kappa shape index (κ1) is 9.36. The van der Waals surface area contributed by atoms with Crippen LogP contribution in [0.25, 0.3) is 5.52 Å². The standard InChI is InChI=1S/C11H11BrN2O/c12-10-9-3-1-2-5-14(9)11(13-10)8-4-6-15-7-8/h1-3,5,8H,4,6-7H2. The minimum absolute atomic E-state index is 0.436. The summed E-state index contributed by atoms with van der Waals surface area (Å²) in [6.45, 7) is 1.64. The summed E-state index contributed by atoms with van der Waals surface area (Å²) in [5.74, 6) is 1.54. The van der Waals surface area contributed by atoms with E-state index in [1.54, 1.807) is 0 Å². The highest BCUT2D eigenvalue weighted by molar-refractivity contribution is 9.10. The van der Waals surface area contributed by atoms with E-state index in [1.165, 1.54) is 0 Å². The first-order valence-corrected chi connectivity index (χ1v) is 5.86. The van der Waals surface area contributed by atoms with Crippen LogP contribution in [0.5, 0.6) is 0 Å². The van der Waals surface area contributed by atoms with E-state index in [-0.39, 0.29) is 0 Å². The lowest BCUT2D eigenvalue weighted by atomic mass is 10.1. The number of fused-ring (bicyclic) bond motifs is 1. The smallest absolute Gasteiger partial charge is 0.132 e. The van der Waals surface area contributed by atoms with Crippen LogP contribution in [0.15, 0.2) is 29.0 Å². The maximum Gasteiger partial charge on any atom is 0.132 e. The number of aromatic nitrogens is 2. The second kappa shape index (κ2) is 3.61. The number of hydrogen-bond donors (Lipinski definition) is 0. The van der Waals surface area contributed by atoms with E-state index in [0.717, 1.165) is 35.6 Å². The lowest BCUT2D eigenvalue weighted by Crippen LogP contribution is -2.03. The molecule has 0 aliphatic carbocycles. The molecular formula is C11H11BrN2O. The highest BCUT2D eigenvalue weighted by Crippen LogP contribution is 2.28. The Labute approximate surface area is 96.2 Å². The number of halogens is 1. The van der Waals surface area contributed by atoms with Crippen LogP contribution in [0, 0.1) is 0 Å². The largest absolute Gasteiger partial charge is 0.381 e. The van der Waals surface area contributed by atoms with Crippen LogP contribution in [0.4, 0.5) is 0 Å². The second-order valence-corrected chi connectivity index (χ2v) is 4.53. The first-order valence-electron chi connectivity index (χ1n) is 5.06. The van der Waals surface area contributed by atoms with Gasteiger partial charge >= 0.3 is 0 Å². The third-order valence-electron chi connectivity index (χ3n) is 2.83. The van der Waals surface area contributed by atoms with Gasteiger partial charge in [-0.1, -0.05) is 6.07 Å². The summed E-state index contributed by atoms with van der Waals surface area (Å²) in [6.07, 6.45) is 3.13. The van der Waals surface area contributed by atoms with Crippen molar-refractivity contribution in [3.05, 3.63) is 34.8 Å². The molecule has 0 aromatic carbocycles. The summed E-state index contributed by atoms with van der Waals surface area (Å²) < 4.78 is 8.46. The number of imidazole rings is 1. The average Bonchev–Trinajstić information content (AvgIpc) is 2.87. The molecule has 1 saturated heterocycles. The Morgan fingerprint density at radius 3 is 3.20 bits per heavy atom. The molecular weight excluding hydrogens is 256 g/mol. The molecule has 3 heterocycles. The van der Waals surface area contributed by atoms with Gasteiger partial charge in [-0.2, -0.15) is 0 Å². The van der Waals surface area contributed by atoms with Gasteiger partial charge in [-0.05, 0) is 34.5 Å². The number of hydrogen-bond acceptors (Lipinski definition) is 2. The van der Waals surface area contributed by atoms with E-state index in [2.05, 4.69) is 37.6 Å². The summed E-state index contributed by atoms with van der Waals surface area (Å²) in [5, 5.41) is 0. The predicted molar refractivity (Wildman–Crippen MR) is 61.1 cm³/mol. The van der Waals surface area contributed by atoms with Gasteiger partial charge in [-0.15, -0.1) is 0 Å². The zero-order valence-electron chi connectivity index (χ0n) is 8.19. The third-order valence-corrected chi connectivity index (χ3v) is 3.41. The van der Waals surface area contributed by atoms with Gasteiger partial charge in [-0.3, -0.25) is 0 Å². The monoisotopic (exact) mass is 266 g/mol. The Bertz CT molecular complexity index is 488. The molecule has 1 unspecified atom stereocenters. The molecule has 3 rings (SSSR count). The fourth-order valence-electron chi connectivity index (χ4n) is 2.05. The van der Waals surface area contributed by atoms with Crippen LogP contribution in [0.2, 0.25) is 0 Å². The highest BCUT2D eigenvalue weighted by atomic mass is 79.9. The number of ether oxygens (including phenoxy) is 1. The zero-order chi connectivity index (χ0) is 10.3. The third kappa shape index (κ3) is 1.48. The Balaban J connectivity index is 2.17. The van der Waals surface area contributed by atoms with Crippen LogP contribution in [0.1, 0.15) is 18.2 Å². The van der Waals surface area contributed by atoms with Crippen LogP contribution in [-0.2, 0) is 4.74 Å². The molecule has 0 amide bonds. The van der Waals surface area contributed by atoms with Gasteiger partial charge in [-0.25, -0.2) is 4.98 Å². The van der Waals surface area contributed by atoms with Crippen LogP contribution in [-0.4, -0.2) is 22.6 Å². The molecule has 0 spiro atoms. The first-order chi connectivity index (χ1) is 7.36. The zero-order valence-corrected chi connectivity index (χ0v) is 9.77. The van der Waals surface area contributed by atoms with E-state index in [9.17, 15) is 0 Å². The van der Waals surface area contributed by atoms with Crippen molar-refractivity contribution in [3.63, 3.8) is 0 Å². The number of rotatable bonds is 1. The molecule has 0 N–H and O–H groups in total. The van der Waals surface area contributed by atoms with Crippen molar-refractivity contribution in [2.24, 2.45) is 0 Å². The molecule has 1 atom stereocenters. The van der Waals surface area contributed by atoms with E-state index < -0.39 is 0 Å². The van der Waals surface area contributed by atoms with Crippen molar-refractivity contribution in [2.45, 2.75) is 12.3 Å². The van der Waals surface area contributed by atoms with Gasteiger partial charge in [0.1, 0.15) is 10.4 Å². The Hall–Kier alpha value is -0.870. The number of nitrogens with zero attached hydrogens (tertiary/aromatic N) is 2. The Morgan fingerprint density at radius 2 is 2.40 bits per heavy atom. The maximum absolute atomic E-state index is 5.40. The summed E-state index contributed by atoms with van der Waals surface area (Å²) in [6, 6.07) is 6.12. The topological polar surface area (TPSA) is 26.5 Å². The van der Waals surface area contributed by atoms with Gasteiger partial charge in [0.25, 0.3) is 0 Å². The van der Waals surface area contributed by atoms with Crippen LogP contribution in [0.3, 0.4) is 0 Å². The molecule has 15 heavy (non-hydrogen) atoms. The average molecular weight is 267 g/mol. The molecule has 1 aliphatic rings. The van der Waals surface area contributed by atoms with E-state index in [1.807, 2.05) is 12.1 Å². The lowest BCUT2D eigenvalue weighted by molar-refractivity contribution is 0.193. The highest BCUT2D eigenvalue weighted by Gasteiger charge is 2.23. The van der Waals surface area contributed by atoms with E-state index in [0.29, 0.717) is 5.92 Å². The van der Waals surface area contributed by atoms with Crippen molar-refractivity contribution < 1.29 is 4.74 Å². The second-order valence-electron chi connectivity index (χ2n) is 3.78. The lowest BCUT2D eigenvalue weighted by Gasteiger charge is -2.05. The molecule has 0 bridgehead atoms. The molecule has 3 nitrogen and oxygen atoms in total. The predicted octanol–water partition coefficient (Wildman–Crippen LogP) is 2.60. The molecule has 2 aromatic heterocycles. The van der Waals surface area contributed by atoms with Crippen molar-refractivity contribution in [1.82, 2.24) is 9.38 Å². The summed E-state index contributed by atoms with van der Waals surface area (Å²) >= 11 is 3.49. The summed E-state index contributed by atoms with van der Waals surface area (Å²) in [7, 11) is 0. The van der Waals surface area contributed by atoms with E-state index >= 15 is 0 Å². The quantitative estimate of drug-likeness (QED) is 0.794. The molecule has 1 aliphatic heterocycles. The fourth-order valence-corrected chi connectivity index (χ4v) is 2.55. The van der Waals surface area contributed by atoms with Crippen molar-refractivity contribution in [1.29, 1.82) is 0 Å². The normalized spacial score (nSPS) is 21.3. The fraction of sp³-hybridized carbons (Fsp3) is 0.364. The SMILES string of the molecule is Brc1nc(C2CCOC2)n2ccccc12. The van der Waals surface area contributed by atoms with Crippen molar-refractivity contribution >= 4 is 21.4 Å². The van der Waals surface area contributed by atoms with Gasteiger partial charge < -0.3 is 9.14 Å². The molecule has 2 aromatic rings. The van der Waals surface area contributed by atoms with Gasteiger partial charge in [0, 0.05) is 18.7 Å². The Kier molecular flexibility index (Phi) is 2.25.